The second kappa shape index (κ2) is 5.85. The molecule has 2 aromatic heterocycles. The van der Waals surface area contributed by atoms with Crippen LogP contribution in [0.1, 0.15) is 34.6 Å². The van der Waals surface area contributed by atoms with Crippen molar-refractivity contribution >= 4 is 44.9 Å². The predicted octanol–water partition coefficient (Wildman–Crippen LogP) is 3.20. The minimum absolute atomic E-state index is 0.0564. The van der Waals surface area contributed by atoms with E-state index in [0.29, 0.717) is 15.8 Å². The lowest BCUT2D eigenvalue weighted by atomic mass is 10.2. The van der Waals surface area contributed by atoms with Crippen LogP contribution in [-0.2, 0) is 0 Å². The second-order valence-corrected chi connectivity index (χ2v) is 7.51. The van der Waals surface area contributed by atoms with E-state index in [9.17, 15) is 4.79 Å². The van der Waals surface area contributed by atoms with Crippen LogP contribution in [0.2, 0.25) is 0 Å². The van der Waals surface area contributed by atoms with Gasteiger partial charge in [0.15, 0.2) is 0 Å². The van der Waals surface area contributed by atoms with Gasteiger partial charge in [0.2, 0.25) is 0 Å². The van der Waals surface area contributed by atoms with Gasteiger partial charge < -0.3 is 11.1 Å². The largest absolute Gasteiger partial charge is 0.397 e. The molecule has 2 heterocycles. The third-order valence-corrected chi connectivity index (χ3v) is 6.29. The van der Waals surface area contributed by atoms with Crippen molar-refractivity contribution in [3.05, 3.63) is 22.7 Å². The average Bonchev–Trinajstić information content (AvgIpc) is 3.03. The van der Waals surface area contributed by atoms with Crippen molar-refractivity contribution in [1.29, 1.82) is 0 Å². The molecule has 1 aliphatic rings. The van der Waals surface area contributed by atoms with E-state index in [-0.39, 0.29) is 11.9 Å². The fraction of sp³-hybridized carbons (Fsp3) is 0.467. The zero-order valence-electron chi connectivity index (χ0n) is 12.2. The van der Waals surface area contributed by atoms with E-state index in [0.717, 1.165) is 22.3 Å². The molecule has 112 valence electrons. The van der Waals surface area contributed by atoms with E-state index in [1.54, 1.807) is 0 Å². The minimum atomic E-state index is -0.0564. The Balaban J connectivity index is 1.86. The maximum Gasteiger partial charge on any atom is 0.263 e. The van der Waals surface area contributed by atoms with E-state index in [4.69, 9.17) is 5.73 Å². The molecule has 4 nitrogen and oxygen atoms in total. The number of anilines is 1. The number of amides is 1. The summed E-state index contributed by atoms with van der Waals surface area (Å²) < 4.78 is 0. The smallest absolute Gasteiger partial charge is 0.263 e. The molecule has 0 radical (unpaired) electrons. The summed E-state index contributed by atoms with van der Waals surface area (Å²) in [5.74, 6) is -0.0564. The molecule has 0 spiro atoms. The molecule has 0 aliphatic heterocycles. The summed E-state index contributed by atoms with van der Waals surface area (Å²) in [7, 11) is 0. The molecule has 3 N–H and O–H groups in total. The van der Waals surface area contributed by atoms with Crippen LogP contribution in [0.3, 0.4) is 0 Å². The number of thioether (sulfide) groups is 1. The number of carbonyl (C=O) groups excluding carboxylic acids is 1. The molecule has 0 aromatic carbocycles. The zero-order chi connectivity index (χ0) is 15.0. The first-order valence-corrected chi connectivity index (χ1v) is 9.20. The summed E-state index contributed by atoms with van der Waals surface area (Å²) in [5.41, 5.74) is 7.63. The van der Waals surface area contributed by atoms with Crippen molar-refractivity contribution in [2.45, 2.75) is 37.5 Å². The molecule has 1 aliphatic carbocycles. The highest BCUT2D eigenvalue weighted by atomic mass is 32.2. The number of thiophene rings is 1. The van der Waals surface area contributed by atoms with Gasteiger partial charge in [-0.15, -0.1) is 11.3 Å². The van der Waals surface area contributed by atoms with Gasteiger partial charge in [-0.05, 0) is 38.2 Å². The summed E-state index contributed by atoms with van der Waals surface area (Å²) in [5, 5.41) is 4.55. The fourth-order valence-corrected chi connectivity index (χ4v) is 4.84. The maximum atomic E-state index is 12.5. The Hall–Kier alpha value is -1.27. The molecule has 6 heteroatoms. The van der Waals surface area contributed by atoms with E-state index in [1.165, 1.54) is 24.2 Å². The van der Waals surface area contributed by atoms with Gasteiger partial charge in [0.1, 0.15) is 9.71 Å². The summed E-state index contributed by atoms with van der Waals surface area (Å²) in [6, 6.07) is 4.13. The Bertz CT molecular complexity index is 683. The number of carbonyl (C=O) groups is 1. The van der Waals surface area contributed by atoms with Crippen LogP contribution in [0.25, 0.3) is 10.2 Å². The Kier molecular flexibility index (Phi) is 4.08. The van der Waals surface area contributed by atoms with Crippen LogP contribution in [-0.4, -0.2) is 28.4 Å². The minimum Gasteiger partial charge on any atom is -0.397 e. The number of hydrogen-bond donors (Lipinski definition) is 2. The highest BCUT2D eigenvalue weighted by molar-refractivity contribution is 7.99. The van der Waals surface area contributed by atoms with Crippen LogP contribution in [0.4, 0.5) is 5.69 Å². The molecule has 1 amide bonds. The molecule has 0 saturated heterocycles. The van der Waals surface area contributed by atoms with Crippen molar-refractivity contribution in [2.24, 2.45) is 0 Å². The second-order valence-electron chi connectivity index (χ2n) is 5.44. The number of rotatable bonds is 3. The first kappa shape index (κ1) is 14.7. The summed E-state index contributed by atoms with van der Waals surface area (Å²) in [4.78, 5) is 18.4. The number of fused-ring (bicyclic) bond motifs is 1. The molecule has 2 atom stereocenters. The number of nitrogen functional groups attached to an aromatic ring is 1. The molecule has 2 aromatic rings. The molecule has 0 bridgehead atoms. The molecular formula is C15H19N3OS2. The first-order valence-electron chi connectivity index (χ1n) is 7.09. The van der Waals surface area contributed by atoms with E-state index in [2.05, 4.69) is 16.6 Å². The normalized spacial score (nSPS) is 21.8. The third kappa shape index (κ3) is 2.74. The highest BCUT2D eigenvalue weighted by Gasteiger charge is 2.29. The van der Waals surface area contributed by atoms with E-state index < -0.39 is 0 Å². The average molecular weight is 321 g/mol. The Morgan fingerprint density at radius 2 is 2.29 bits per heavy atom. The number of aryl methyl sites for hydroxylation is 1. The molecular weight excluding hydrogens is 302 g/mol. The SMILES string of the molecule is CSC1CCCC1NC(=O)c1sc2nc(C)ccc2c1N. The van der Waals surface area contributed by atoms with Gasteiger partial charge >= 0.3 is 0 Å². The highest BCUT2D eigenvalue weighted by Crippen LogP contribution is 2.33. The lowest BCUT2D eigenvalue weighted by Gasteiger charge is -2.18. The van der Waals surface area contributed by atoms with E-state index >= 15 is 0 Å². The van der Waals surface area contributed by atoms with Crippen molar-refractivity contribution in [3.63, 3.8) is 0 Å². The van der Waals surface area contributed by atoms with Gasteiger partial charge in [-0.25, -0.2) is 4.98 Å². The maximum absolute atomic E-state index is 12.5. The monoisotopic (exact) mass is 321 g/mol. The van der Waals surface area contributed by atoms with Crippen LogP contribution in [0, 0.1) is 6.92 Å². The summed E-state index contributed by atoms with van der Waals surface area (Å²) in [6.07, 6.45) is 5.52. The van der Waals surface area contributed by atoms with Crippen LogP contribution in [0.15, 0.2) is 12.1 Å². The zero-order valence-corrected chi connectivity index (χ0v) is 13.8. The number of nitrogens with zero attached hydrogens (tertiary/aromatic N) is 1. The van der Waals surface area contributed by atoms with Crippen molar-refractivity contribution in [1.82, 2.24) is 10.3 Å². The quantitative estimate of drug-likeness (QED) is 0.911. The lowest BCUT2D eigenvalue weighted by Crippen LogP contribution is -2.38. The first-order chi connectivity index (χ1) is 10.1. The fourth-order valence-electron chi connectivity index (χ4n) is 2.87. The molecule has 1 fully saturated rings. The molecule has 3 rings (SSSR count). The van der Waals surface area contributed by atoms with Crippen LogP contribution < -0.4 is 11.1 Å². The number of pyridine rings is 1. The number of aromatic nitrogens is 1. The summed E-state index contributed by atoms with van der Waals surface area (Å²) >= 11 is 3.22. The number of nitrogens with two attached hydrogens (primary N) is 1. The van der Waals surface area contributed by atoms with Gasteiger partial charge in [0.25, 0.3) is 5.91 Å². The Labute approximate surface area is 132 Å². The third-order valence-electron chi connectivity index (χ3n) is 4.01. The topological polar surface area (TPSA) is 68.0 Å². The van der Waals surface area contributed by atoms with Gasteiger partial charge in [-0.3, -0.25) is 4.79 Å². The van der Waals surface area contributed by atoms with Crippen molar-refractivity contribution < 1.29 is 4.79 Å². The molecule has 2 unspecified atom stereocenters. The molecule has 21 heavy (non-hydrogen) atoms. The van der Waals surface area contributed by atoms with Gasteiger partial charge in [-0.2, -0.15) is 11.8 Å². The lowest BCUT2D eigenvalue weighted by molar-refractivity contribution is 0.0943. The number of hydrogen-bond acceptors (Lipinski definition) is 5. The predicted molar refractivity (Wildman–Crippen MR) is 91.2 cm³/mol. The van der Waals surface area contributed by atoms with Crippen molar-refractivity contribution in [2.75, 3.05) is 12.0 Å². The van der Waals surface area contributed by atoms with Gasteiger partial charge in [0, 0.05) is 22.4 Å². The standard InChI is InChI=1S/C15H19N3OS2/c1-8-6-7-9-12(16)13(21-15(9)17-8)14(19)18-10-4-3-5-11(10)20-2/h6-7,10-11H,3-5,16H2,1-2H3,(H,18,19). The molecule has 1 saturated carbocycles. The van der Waals surface area contributed by atoms with Crippen LogP contribution in [0.5, 0.6) is 0 Å². The van der Waals surface area contributed by atoms with Crippen molar-refractivity contribution in [3.8, 4) is 0 Å². The van der Waals surface area contributed by atoms with Crippen LogP contribution >= 0.6 is 23.1 Å². The Morgan fingerprint density at radius 3 is 3.05 bits per heavy atom. The van der Waals surface area contributed by atoms with E-state index in [1.807, 2.05) is 30.8 Å². The summed E-state index contributed by atoms with van der Waals surface area (Å²) in [6.45, 7) is 1.94. The van der Waals surface area contributed by atoms with Gasteiger partial charge in [-0.1, -0.05) is 6.42 Å². The Morgan fingerprint density at radius 1 is 1.48 bits per heavy atom. The number of nitrogens with one attached hydrogen (secondary N) is 1. The van der Waals surface area contributed by atoms with Gasteiger partial charge in [0.05, 0.1) is 5.69 Å².